The number of anilines is 1. The van der Waals surface area contributed by atoms with E-state index in [2.05, 4.69) is 4.51 Å². The van der Waals surface area contributed by atoms with E-state index < -0.39 is 5.82 Å². The van der Waals surface area contributed by atoms with Gasteiger partial charge in [0.15, 0.2) is 5.84 Å². The zero-order chi connectivity index (χ0) is 11.7. The van der Waals surface area contributed by atoms with E-state index >= 15 is 0 Å². The zero-order valence-electron chi connectivity index (χ0n) is 8.52. The van der Waals surface area contributed by atoms with Crippen molar-refractivity contribution >= 4 is 29.3 Å². The number of rotatable bonds is 1. The second-order valence-corrected chi connectivity index (χ2v) is 3.60. The van der Waals surface area contributed by atoms with Crippen LogP contribution in [0.3, 0.4) is 0 Å². The molecule has 2 rings (SSSR count). The minimum Gasteiger partial charge on any atom is -0.320 e. The van der Waals surface area contributed by atoms with Gasteiger partial charge in [-0.1, -0.05) is 12.1 Å². The van der Waals surface area contributed by atoms with E-state index in [0.29, 0.717) is 5.84 Å². The maximum Gasteiger partial charge on any atom is 0.330 e. The molecule has 0 unspecified atom stereocenters. The van der Waals surface area contributed by atoms with Crippen LogP contribution in [0.25, 0.3) is 0 Å². The molecule has 2 amide bonds. The number of hydrogen-bond acceptors (Lipinski definition) is 2. The number of hydrogen-bond donors (Lipinski definition) is 0. The molecule has 4 nitrogen and oxygen atoms in total. The molecule has 1 aliphatic heterocycles. The second kappa shape index (κ2) is 4.09. The lowest BCUT2D eigenvalue weighted by molar-refractivity contribution is 0.229. The molecule has 1 saturated heterocycles. The zero-order valence-corrected chi connectivity index (χ0v) is 9.28. The maximum absolute atomic E-state index is 13.5. The minimum atomic E-state index is -0.482. The monoisotopic (exact) mass is 241 g/mol. The van der Waals surface area contributed by atoms with Crippen molar-refractivity contribution in [2.24, 2.45) is 4.51 Å². The molecular formula is C10H9ClFN3O. The largest absolute Gasteiger partial charge is 0.330 e. The Labute approximate surface area is 97.0 Å². The highest BCUT2D eigenvalue weighted by molar-refractivity contribution is 6.29. The van der Waals surface area contributed by atoms with E-state index in [1.54, 1.807) is 19.2 Å². The van der Waals surface area contributed by atoms with Gasteiger partial charge >= 0.3 is 6.03 Å². The molecule has 0 atom stereocenters. The summed E-state index contributed by atoms with van der Waals surface area (Å²) in [4.78, 5) is 14.4. The molecule has 84 valence electrons. The van der Waals surface area contributed by atoms with Gasteiger partial charge in [-0.05, 0) is 12.1 Å². The fourth-order valence-electron chi connectivity index (χ4n) is 1.57. The van der Waals surface area contributed by atoms with E-state index in [1.807, 2.05) is 0 Å². The van der Waals surface area contributed by atoms with Crippen molar-refractivity contribution in [2.45, 2.75) is 0 Å². The third kappa shape index (κ3) is 1.63. The third-order valence-electron chi connectivity index (χ3n) is 2.35. The number of para-hydroxylation sites is 1. The van der Waals surface area contributed by atoms with Gasteiger partial charge in [0, 0.05) is 18.8 Å². The Morgan fingerprint density at radius 1 is 1.44 bits per heavy atom. The minimum absolute atomic E-state index is 0.163. The van der Waals surface area contributed by atoms with Gasteiger partial charge in [0.05, 0.1) is 12.2 Å². The van der Waals surface area contributed by atoms with Crippen LogP contribution < -0.4 is 4.90 Å². The highest BCUT2D eigenvalue weighted by Gasteiger charge is 2.34. The number of benzene rings is 1. The molecule has 16 heavy (non-hydrogen) atoms. The maximum atomic E-state index is 13.5. The third-order valence-corrected chi connectivity index (χ3v) is 2.54. The van der Waals surface area contributed by atoms with Crippen molar-refractivity contribution in [3.05, 3.63) is 30.1 Å². The number of carbonyl (C=O) groups is 1. The van der Waals surface area contributed by atoms with Crippen molar-refractivity contribution < 1.29 is 9.18 Å². The molecule has 0 aliphatic carbocycles. The summed E-state index contributed by atoms with van der Waals surface area (Å²) in [7, 11) is 1.60. The Bertz CT molecular complexity index is 463. The molecule has 6 heteroatoms. The van der Waals surface area contributed by atoms with Crippen LogP contribution in [0.4, 0.5) is 14.9 Å². The van der Waals surface area contributed by atoms with Crippen LogP contribution in [0.2, 0.25) is 0 Å². The average Bonchev–Trinajstić information content (AvgIpc) is 2.56. The lowest BCUT2D eigenvalue weighted by Crippen LogP contribution is -2.32. The number of nitrogens with zero attached hydrogens (tertiary/aromatic N) is 3. The van der Waals surface area contributed by atoms with E-state index in [0.717, 1.165) is 0 Å². The van der Waals surface area contributed by atoms with Gasteiger partial charge in [-0.3, -0.25) is 0 Å². The summed E-state index contributed by atoms with van der Waals surface area (Å²) in [5.74, 6) is -0.164. The SMILES string of the molecule is CN1C/C(=N/Cl)N(c2ccccc2F)C1=O. The number of amidine groups is 1. The van der Waals surface area contributed by atoms with E-state index in [1.165, 1.54) is 21.9 Å². The molecule has 1 aromatic rings. The van der Waals surface area contributed by atoms with Crippen molar-refractivity contribution in [2.75, 3.05) is 18.5 Å². The molecule has 0 aromatic heterocycles. The van der Waals surface area contributed by atoms with Crippen LogP contribution in [0.5, 0.6) is 0 Å². The Morgan fingerprint density at radius 2 is 2.12 bits per heavy atom. The molecule has 0 saturated carbocycles. The molecule has 0 bridgehead atoms. The van der Waals surface area contributed by atoms with Crippen molar-refractivity contribution in [1.82, 2.24) is 4.90 Å². The molecule has 0 radical (unpaired) electrons. The Balaban J connectivity index is 2.47. The standard InChI is InChI=1S/C10H9ClFN3O/c1-14-6-9(13-11)15(10(14)16)8-5-3-2-4-7(8)12/h2-5H,6H2,1H3/b13-9-. The molecule has 0 spiro atoms. The Hall–Kier alpha value is -1.62. The number of amides is 2. The quantitative estimate of drug-likeness (QED) is 0.743. The lowest BCUT2D eigenvalue weighted by atomic mass is 10.3. The van der Waals surface area contributed by atoms with E-state index in [9.17, 15) is 9.18 Å². The molecule has 1 fully saturated rings. The van der Waals surface area contributed by atoms with Gasteiger partial charge in [-0.25, -0.2) is 14.1 Å². The van der Waals surface area contributed by atoms with Crippen molar-refractivity contribution in [1.29, 1.82) is 0 Å². The average molecular weight is 242 g/mol. The lowest BCUT2D eigenvalue weighted by Gasteiger charge is -2.16. The van der Waals surface area contributed by atoms with Gasteiger partial charge in [0.2, 0.25) is 0 Å². The Kier molecular flexibility index (Phi) is 2.78. The number of urea groups is 1. The van der Waals surface area contributed by atoms with Gasteiger partial charge in [0.25, 0.3) is 0 Å². The van der Waals surface area contributed by atoms with Crippen molar-refractivity contribution in [3.8, 4) is 0 Å². The van der Waals surface area contributed by atoms with Crippen LogP contribution in [0.15, 0.2) is 28.8 Å². The van der Waals surface area contributed by atoms with Gasteiger partial charge in [-0.2, -0.15) is 4.51 Å². The van der Waals surface area contributed by atoms with Gasteiger partial charge < -0.3 is 4.90 Å². The van der Waals surface area contributed by atoms with Crippen LogP contribution in [-0.4, -0.2) is 30.4 Å². The number of halogens is 2. The van der Waals surface area contributed by atoms with Crippen LogP contribution in [0, 0.1) is 5.82 Å². The predicted molar refractivity (Wildman–Crippen MR) is 60.2 cm³/mol. The summed E-state index contributed by atoms with van der Waals surface area (Å²) in [5, 5.41) is 0. The summed E-state index contributed by atoms with van der Waals surface area (Å²) in [6, 6.07) is 5.65. The summed E-state index contributed by atoms with van der Waals surface area (Å²) >= 11 is 5.38. The highest BCUT2D eigenvalue weighted by atomic mass is 35.5. The molecule has 1 aliphatic rings. The second-order valence-electron chi connectivity index (χ2n) is 3.43. The number of likely N-dealkylation sites (N-methyl/N-ethyl adjacent to an activating group) is 1. The summed E-state index contributed by atoms with van der Waals surface area (Å²) in [6.45, 7) is 0.274. The van der Waals surface area contributed by atoms with Crippen LogP contribution >= 0.6 is 11.8 Å². The summed E-state index contributed by atoms with van der Waals surface area (Å²) < 4.78 is 17.0. The molecule has 1 heterocycles. The van der Waals surface area contributed by atoms with E-state index in [4.69, 9.17) is 11.8 Å². The van der Waals surface area contributed by atoms with Gasteiger partial charge in [-0.15, -0.1) is 0 Å². The van der Waals surface area contributed by atoms with Gasteiger partial charge in [0.1, 0.15) is 5.82 Å². The van der Waals surface area contributed by atoms with Crippen LogP contribution in [0.1, 0.15) is 0 Å². The first kappa shape index (κ1) is 10.9. The number of carbonyl (C=O) groups excluding carboxylic acids is 1. The van der Waals surface area contributed by atoms with E-state index in [-0.39, 0.29) is 18.3 Å². The Morgan fingerprint density at radius 3 is 2.75 bits per heavy atom. The summed E-state index contributed by atoms with van der Waals surface area (Å²) in [6.07, 6.45) is 0. The molecule has 0 N–H and O–H groups in total. The van der Waals surface area contributed by atoms with Crippen LogP contribution in [-0.2, 0) is 0 Å². The molecule has 1 aromatic carbocycles. The normalized spacial score (nSPS) is 18.7. The first-order valence-electron chi connectivity index (χ1n) is 4.62. The smallest absolute Gasteiger partial charge is 0.320 e. The molecular weight excluding hydrogens is 233 g/mol. The highest BCUT2D eigenvalue weighted by Crippen LogP contribution is 2.24. The fraction of sp³-hybridized carbons (Fsp3) is 0.200. The fourth-order valence-corrected chi connectivity index (χ4v) is 1.70. The topological polar surface area (TPSA) is 35.9 Å². The first-order chi connectivity index (χ1) is 7.65. The summed E-state index contributed by atoms with van der Waals surface area (Å²) in [5.41, 5.74) is 0.163. The van der Waals surface area contributed by atoms with Crippen molar-refractivity contribution in [3.63, 3.8) is 0 Å². The first-order valence-corrected chi connectivity index (χ1v) is 4.96. The predicted octanol–water partition coefficient (Wildman–Crippen LogP) is 2.25.